The quantitative estimate of drug-likeness (QED) is 0.609. The SMILES string of the molecule is Cc1nc2cc(Cl)c([C@@H](C)Oc3ccc(C(=O)OC(C)(C)C)cc3)cc2c(=O)[nH]1. The number of nitrogens with zero attached hydrogens (tertiary/aromatic N) is 1. The van der Waals surface area contributed by atoms with Crippen molar-refractivity contribution in [3.8, 4) is 5.75 Å². The lowest BCUT2D eigenvalue weighted by Gasteiger charge is -2.20. The van der Waals surface area contributed by atoms with Crippen LogP contribution >= 0.6 is 11.6 Å². The summed E-state index contributed by atoms with van der Waals surface area (Å²) in [5.41, 5.74) is 0.871. The fourth-order valence-electron chi connectivity index (χ4n) is 2.88. The number of rotatable bonds is 4. The van der Waals surface area contributed by atoms with E-state index in [-0.39, 0.29) is 5.56 Å². The number of nitrogens with one attached hydrogen (secondary N) is 1. The van der Waals surface area contributed by atoms with Crippen LogP contribution in [-0.2, 0) is 4.74 Å². The number of carbonyl (C=O) groups is 1. The van der Waals surface area contributed by atoms with Gasteiger partial charge < -0.3 is 14.5 Å². The van der Waals surface area contributed by atoms with E-state index in [2.05, 4.69) is 9.97 Å². The van der Waals surface area contributed by atoms with Gasteiger partial charge in [-0.1, -0.05) is 11.6 Å². The van der Waals surface area contributed by atoms with Crippen LogP contribution in [0.4, 0.5) is 0 Å². The van der Waals surface area contributed by atoms with Crippen molar-refractivity contribution >= 4 is 28.5 Å². The summed E-state index contributed by atoms with van der Waals surface area (Å²) in [4.78, 5) is 31.3. The summed E-state index contributed by atoms with van der Waals surface area (Å²) in [6.45, 7) is 9.01. The summed E-state index contributed by atoms with van der Waals surface area (Å²) in [6.07, 6.45) is -0.417. The maximum atomic E-state index is 12.2. The molecule has 0 spiro atoms. The number of H-pyrrole nitrogens is 1. The van der Waals surface area contributed by atoms with Crippen molar-refractivity contribution in [2.45, 2.75) is 46.3 Å². The average Bonchev–Trinajstić information content (AvgIpc) is 2.60. The smallest absolute Gasteiger partial charge is 0.338 e. The molecule has 0 amide bonds. The summed E-state index contributed by atoms with van der Waals surface area (Å²) in [5, 5.41) is 0.915. The number of aromatic amines is 1. The molecule has 3 aromatic rings. The minimum absolute atomic E-state index is 0.223. The van der Waals surface area contributed by atoms with Gasteiger partial charge in [0.2, 0.25) is 0 Å². The highest BCUT2D eigenvalue weighted by atomic mass is 35.5. The van der Waals surface area contributed by atoms with Crippen LogP contribution < -0.4 is 10.3 Å². The summed E-state index contributed by atoms with van der Waals surface area (Å²) < 4.78 is 11.3. The Morgan fingerprint density at radius 3 is 2.45 bits per heavy atom. The molecule has 1 atom stereocenters. The van der Waals surface area contributed by atoms with E-state index in [9.17, 15) is 9.59 Å². The zero-order valence-corrected chi connectivity index (χ0v) is 17.8. The number of hydrogen-bond donors (Lipinski definition) is 1. The summed E-state index contributed by atoms with van der Waals surface area (Å²) in [7, 11) is 0. The number of hydrogen-bond acceptors (Lipinski definition) is 5. The predicted molar refractivity (Wildman–Crippen MR) is 113 cm³/mol. The second-order valence-corrected chi connectivity index (χ2v) is 8.24. The van der Waals surface area contributed by atoms with Crippen LogP contribution in [0.15, 0.2) is 41.2 Å². The van der Waals surface area contributed by atoms with Gasteiger partial charge in [-0.25, -0.2) is 9.78 Å². The Balaban J connectivity index is 1.81. The molecule has 3 rings (SSSR count). The van der Waals surface area contributed by atoms with Gasteiger partial charge in [0.1, 0.15) is 23.3 Å². The first-order valence-corrected chi connectivity index (χ1v) is 9.61. The molecule has 2 aromatic carbocycles. The largest absolute Gasteiger partial charge is 0.486 e. The Bertz CT molecular complexity index is 1110. The third kappa shape index (κ3) is 4.95. The molecular formula is C22H23ClN2O4. The second kappa shape index (κ2) is 7.87. The van der Waals surface area contributed by atoms with E-state index in [4.69, 9.17) is 21.1 Å². The van der Waals surface area contributed by atoms with Gasteiger partial charge in [-0.3, -0.25) is 4.79 Å². The molecule has 152 valence electrons. The van der Waals surface area contributed by atoms with Gasteiger partial charge in [-0.15, -0.1) is 0 Å². The summed E-state index contributed by atoms with van der Waals surface area (Å²) >= 11 is 6.40. The second-order valence-electron chi connectivity index (χ2n) is 7.83. The molecule has 0 aliphatic rings. The molecule has 7 heteroatoms. The van der Waals surface area contributed by atoms with Crippen molar-refractivity contribution in [1.29, 1.82) is 0 Å². The van der Waals surface area contributed by atoms with Gasteiger partial charge in [0.05, 0.1) is 16.5 Å². The Morgan fingerprint density at radius 2 is 1.83 bits per heavy atom. The van der Waals surface area contributed by atoms with E-state index in [1.807, 2.05) is 27.7 Å². The number of carbonyl (C=O) groups excluding carboxylic acids is 1. The molecule has 0 aliphatic heterocycles. The van der Waals surface area contributed by atoms with E-state index in [1.54, 1.807) is 43.3 Å². The molecule has 0 unspecified atom stereocenters. The van der Waals surface area contributed by atoms with Crippen molar-refractivity contribution in [3.63, 3.8) is 0 Å². The van der Waals surface area contributed by atoms with Crippen LogP contribution in [0.1, 0.15) is 55.5 Å². The zero-order chi connectivity index (χ0) is 21.3. The lowest BCUT2D eigenvalue weighted by molar-refractivity contribution is 0.00695. The fraction of sp³-hybridized carbons (Fsp3) is 0.318. The molecule has 0 aliphatic carbocycles. The van der Waals surface area contributed by atoms with Gasteiger partial charge in [0.25, 0.3) is 5.56 Å². The highest BCUT2D eigenvalue weighted by molar-refractivity contribution is 6.32. The zero-order valence-electron chi connectivity index (χ0n) is 17.0. The maximum absolute atomic E-state index is 12.2. The Morgan fingerprint density at radius 1 is 1.17 bits per heavy atom. The lowest BCUT2D eigenvalue weighted by Crippen LogP contribution is -2.23. The van der Waals surface area contributed by atoms with E-state index >= 15 is 0 Å². The molecule has 0 saturated heterocycles. The van der Waals surface area contributed by atoms with Crippen molar-refractivity contribution in [1.82, 2.24) is 9.97 Å². The Kier molecular flexibility index (Phi) is 5.66. The van der Waals surface area contributed by atoms with Crippen LogP contribution in [-0.4, -0.2) is 21.5 Å². The van der Waals surface area contributed by atoms with Crippen molar-refractivity contribution in [3.05, 3.63) is 68.7 Å². The molecule has 1 N–H and O–H groups in total. The van der Waals surface area contributed by atoms with Crippen LogP contribution in [0.2, 0.25) is 5.02 Å². The molecule has 1 heterocycles. The van der Waals surface area contributed by atoms with Gasteiger partial charge in [-0.2, -0.15) is 0 Å². The first-order chi connectivity index (χ1) is 13.5. The Hall–Kier alpha value is -2.86. The van der Waals surface area contributed by atoms with Crippen LogP contribution in [0.3, 0.4) is 0 Å². The molecular weight excluding hydrogens is 392 g/mol. The molecule has 1 aromatic heterocycles. The molecule has 0 fully saturated rings. The van der Waals surface area contributed by atoms with Crippen LogP contribution in [0, 0.1) is 6.92 Å². The summed E-state index contributed by atoms with van der Waals surface area (Å²) in [5.74, 6) is 0.703. The number of fused-ring (bicyclic) bond motifs is 1. The highest BCUT2D eigenvalue weighted by Gasteiger charge is 2.19. The van der Waals surface area contributed by atoms with Gasteiger partial charge >= 0.3 is 5.97 Å². The number of aromatic nitrogens is 2. The molecule has 0 radical (unpaired) electrons. The molecule has 0 saturated carbocycles. The van der Waals surface area contributed by atoms with Crippen molar-refractivity contribution in [2.24, 2.45) is 0 Å². The van der Waals surface area contributed by atoms with Crippen molar-refractivity contribution in [2.75, 3.05) is 0 Å². The molecule has 29 heavy (non-hydrogen) atoms. The number of aryl methyl sites for hydroxylation is 1. The monoisotopic (exact) mass is 414 g/mol. The third-order valence-corrected chi connectivity index (χ3v) is 4.51. The van der Waals surface area contributed by atoms with Gasteiger partial charge in [0.15, 0.2) is 0 Å². The lowest BCUT2D eigenvalue weighted by atomic mass is 10.1. The molecule has 0 bridgehead atoms. The average molecular weight is 415 g/mol. The topological polar surface area (TPSA) is 81.3 Å². The van der Waals surface area contributed by atoms with Crippen LogP contribution in [0.5, 0.6) is 5.75 Å². The van der Waals surface area contributed by atoms with E-state index in [0.29, 0.717) is 38.6 Å². The fourth-order valence-corrected chi connectivity index (χ4v) is 3.19. The summed E-state index contributed by atoms with van der Waals surface area (Å²) in [6, 6.07) is 10.1. The Labute approximate surface area is 173 Å². The van der Waals surface area contributed by atoms with Gasteiger partial charge in [0, 0.05) is 10.6 Å². The van der Waals surface area contributed by atoms with Crippen molar-refractivity contribution < 1.29 is 14.3 Å². The minimum atomic E-state index is -0.557. The van der Waals surface area contributed by atoms with Crippen LogP contribution in [0.25, 0.3) is 10.9 Å². The number of esters is 1. The molecule has 6 nitrogen and oxygen atoms in total. The minimum Gasteiger partial charge on any atom is -0.486 e. The normalized spacial score (nSPS) is 12.6. The van der Waals surface area contributed by atoms with E-state index in [0.717, 1.165) is 0 Å². The number of benzene rings is 2. The van der Waals surface area contributed by atoms with E-state index < -0.39 is 17.7 Å². The standard InChI is InChI=1S/C22H23ClN2O4/c1-12(16-10-17-19(11-18(16)23)24-13(2)25-20(17)26)28-15-8-6-14(7-9-15)21(27)29-22(3,4)5/h6-12H,1-5H3,(H,24,25,26)/t12-/m1/s1. The van der Waals surface area contributed by atoms with Gasteiger partial charge in [-0.05, 0) is 71.0 Å². The maximum Gasteiger partial charge on any atom is 0.338 e. The van der Waals surface area contributed by atoms with E-state index in [1.165, 1.54) is 0 Å². The number of ether oxygens (including phenoxy) is 2. The predicted octanol–water partition coefficient (Wildman–Crippen LogP) is 4.98. The highest BCUT2D eigenvalue weighted by Crippen LogP contribution is 2.30. The first kappa shape index (κ1) is 20.9. The first-order valence-electron chi connectivity index (χ1n) is 9.23. The third-order valence-electron chi connectivity index (χ3n) is 4.18. The number of halogens is 1.